The van der Waals surface area contributed by atoms with Crippen LogP contribution in [-0.4, -0.2) is 11.1 Å². The molecule has 0 heterocycles. The van der Waals surface area contributed by atoms with Crippen molar-refractivity contribution in [2.24, 2.45) is 0 Å². The highest BCUT2D eigenvalue weighted by Crippen LogP contribution is 2.22. The number of carbonyl (C=O) groups is 1. The predicted octanol–water partition coefficient (Wildman–Crippen LogP) is 4.58. The lowest BCUT2D eigenvalue weighted by Gasteiger charge is -2.08. The fourth-order valence-electron chi connectivity index (χ4n) is 2.09. The quantitative estimate of drug-likeness (QED) is 0.821. The van der Waals surface area contributed by atoms with Crippen LogP contribution in [0.4, 0.5) is 4.39 Å². The molecule has 0 atom stereocenters. The smallest absolute Gasteiger partial charge is 0.328 e. The normalized spacial score (nSPS) is 11.4. The molecule has 0 saturated carbocycles. The zero-order valence-electron chi connectivity index (χ0n) is 11.2. The van der Waals surface area contributed by atoms with Crippen LogP contribution in [0.3, 0.4) is 0 Å². The van der Waals surface area contributed by atoms with Crippen molar-refractivity contribution in [1.82, 2.24) is 0 Å². The van der Waals surface area contributed by atoms with Gasteiger partial charge < -0.3 is 5.11 Å². The molecule has 0 aliphatic rings. The van der Waals surface area contributed by atoms with Crippen LogP contribution >= 0.6 is 11.6 Å². The van der Waals surface area contributed by atoms with Crippen molar-refractivity contribution in [3.63, 3.8) is 0 Å². The van der Waals surface area contributed by atoms with Crippen molar-refractivity contribution in [1.29, 1.82) is 0 Å². The Hall–Kier alpha value is -2.13. The van der Waals surface area contributed by atoms with Gasteiger partial charge in [-0.05, 0) is 41.7 Å². The highest BCUT2D eigenvalue weighted by molar-refractivity contribution is 6.30. The average Bonchev–Trinajstić information content (AvgIpc) is 2.45. The molecule has 0 radical (unpaired) electrons. The summed E-state index contributed by atoms with van der Waals surface area (Å²) in [6.45, 7) is 0. The predicted molar refractivity (Wildman–Crippen MR) is 81.8 cm³/mol. The van der Waals surface area contributed by atoms with Crippen molar-refractivity contribution >= 4 is 23.1 Å². The lowest BCUT2D eigenvalue weighted by atomic mass is 9.98. The molecule has 0 spiro atoms. The molecule has 0 saturated heterocycles. The Balaban J connectivity index is 2.19. The molecule has 108 valence electrons. The Morgan fingerprint density at radius 3 is 2.52 bits per heavy atom. The topological polar surface area (TPSA) is 37.3 Å². The summed E-state index contributed by atoms with van der Waals surface area (Å²) in [6.07, 6.45) is 2.02. The molecule has 0 amide bonds. The summed E-state index contributed by atoms with van der Waals surface area (Å²) in [6, 6.07) is 13.7. The van der Waals surface area contributed by atoms with E-state index in [2.05, 4.69) is 0 Å². The first-order valence-electron chi connectivity index (χ1n) is 6.49. The Bertz CT molecular complexity index is 666. The molecular formula is C17H14ClFO2. The summed E-state index contributed by atoms with van der Waals surface area (Å²) in [7, 11) is 0. The van der Waals surface area contributed by atoms with Crippen LogP contribution in [0.15, 0.2) is 54.6 Å². The number of hydrogen-bond acceptors (Lipinski definition) is 1. The molecule has 0 aromatic heterocycles. The van der Waals surface area contributed by atoms with Crippen LogP contribution in [0, 0.1) is 5.82 Å². The van der Waals surface area contributed by atoms with E-state index in [0.29, 0.717) is 29.0 Å². The van der Waals surface area contributed by atoms with Gasteiger partial charge in [-0.25, -0.2) is 9.18 Å². The molecule has 0 aliphatic heterocycles. The SMILES string of the molecule is O=C(O)/C=C(/CCc1ccc(Cl)cc1F)c1ccccc1. The van der Waals surface area contributed by atoms with Gasteiger partial charge in [0.1, 0.15) is 5.82 Å². The molecule has 0 aliphatic carbocycles. The molecule has 1 N–H and O–H groups in total. The van der Waals surface area contributed by atoms with Gasteiger partial charge in [-0.2, -0.15) is 0 Å². The minimum absolute atomic E-state index is 0.348. The first-order valence-corrected chi connectivity index (χ1v) is 6.87. The van der Waals surface area contributed by atoms with Gasteiger partial charge >= 0.3 is 5.97 Å². The summed E-state index contributed by atoms with van der Waals surface area (Å²) < 4.78 is 13.7. The number of halogens is 2. The monoisotopic (exact) mass is 304 g/mol. The molecule has 4 heteroatoms. The van der Waals surface area contributed by atoms with Crippen molar-refractivity contribution < 1.29 is 14.3 Å². The van der Waals surface area contributed by atoms with Crippen LogP contribution in [0.1, 0.15) is 17.5 Å². The number of allylic oxidation sites excluding steroid dienone is 1. The van der Waals surface area contributed by atoms with E-state index in [1.54, 1.807) is 12.1 Å². The van der Waals surface area contributed by atoms with E-state index in [-0.39, 0.29) is 5.82 Å². The number of aryl methyl sites for hydroxylation is 1. The van der Waals surface area contributed by atoms with Crippen LogP contribution < -0.4 is 0 Å². The zero-order chi connectivity index (χ0) is 15.2. The van der Waals surface area contributed by atoms with Gasteiger partial charge in [0.2, 0.25) is 0 Å². The third-order valence-electron chi connectivity index (χ3n) is 3.12. The number of rotatable bonds is 5. The van der Waals surface area contributed by atoms with Crippen molar-refractivity contribution in [3.8, 4) is 0 Å². The van der Waals surface area contributed by atoms with E-state index in [9.17, 15) is 9.18 Å². The largest absolute Gasteiger partial charge is 0.478 e. The zero-order valence-corrected chi connectivity index (χ0v) is 12.0. The number of aliphatic carboxylic acids is 1. The van der Waals surface area contributed by atoms with Gasteiger partial charge in [0, 0.05) is 11.1 Å². The van der Waals surface area contributed by atoms with E-state index < -0.39 is 5.97 Å². The van der Waals surface area contributed by atoms with Crippen molar-refractivity contribution in [3.05, 3.63) is 76.6 Å². The van der Waals surface area contributed by atoms with Crippen LogP contribution in [-0.2, 0) is 11.2 Å². The Morgan fingerprint density at radius 1 is 1.19 bits per heavy atom. The molecule has 2 rings (SSSR count). The second-order valence-electron chi connectivity index (χ2n) is 4.61. The maximum atomic E-state index is 13.7. The van der Waals surface area contributed by atoms with E-state index >= 15 is 0 Å². The third kappa shape index (κ3) is 4.43. The van der Waals surface area contributed by atoms with Gasteiger partial charge in [-0.15, -0.1) is 0 Å². The molecule has 2 aromatic carbocycles. The molecule has 21 heavy (non-hydrogen) atoms. The fourth-order valence-corrected chi connectivity index (χ4v) is 2.25. The molecule has 0 unspecified atom stereocenters. The molecule has 0 bridgehead atoms. The van der Waals surface area contributed by atoms with Crippen LogP contribution in [0.2, 0.25) is 5.02 Å². The van der Waals surface area contributed by atoms with Crippen LogP contribution in [0.5, 0.6) is 0 Å². The second kappa shape index (κ2) is 7.04. The molecule has 2 aromatic rings. The minimum atomic E-state index is -1.01. The summed E-state index contributed by atoms with van der Waals surface area (Å²) in [4.78, 5) is 10.9. The second-order valence-corrected chi connectivity index (χ2v) is 5.05. The Morgan fingerprint density at radius 2 is 1.90 bits per heavy atom. The number of carboxylic acids is 1. The lowest BCUT2D eigenvalue weighted by Crippen LogP contribution is -1.97. The van der Waals surface area contributed by atoms with Gasteiger partial charge in [0.15, 0.2) is 0 Å². The molecule has 0 fully saturated rings. The molecule has 2 nitrogen and oxygen atoms in total. The standard InChI is InChI=1S/C17H14ClFO2/c18-15-9-8-13(16(19)11-15)6-7-14(10-17(20)21)12-4-2-1-3-5-12/h1-5,8-11H,6-7H2,(H,20,21)/b14-10-. The van der Waals surface area contributed by atoms with Crippen molar-refractivity contribution in [2.75, 3.05) is 0 Å². The molecular weight excluding hydrogens is 291 g/mol. The van der Waals surface area contributed by atoms with E-state index in [1.807, 2.05) is 30.3 Å². The van der Waals surface area contributed by atoms with Crippen LogP contribution in [0.25, 0.3) is 5.57 Å². The number of hydrogen-bond donors (Lipinski definition) is 1. The van der Waals surface area contributed by atoms with Gasteiger partial charge in [0.05, 0.1) is 0 Å². The maximum Gasteiger partial charge on any atom is 0.328 e. The fraction of sp³-hybridized carbons (Fsp3) is 0.118. The number of carboxylic acid groups (broad SMARTS) is 1. The highest BCUT2D eigenvalue weighted by Gasteiger charge is 2.08. The Kier molecular flexibility index (Phi) is 5.12. The number of benzene rings is 2. The van der Waals surface area contributed by atoms with Gasteiger partial charge in [-0.3, -0.25) is 0 Å². The lowest BCUT2D eigenvalue weighted by molar-refractivity contribution is -0.131. The minimum Gasteiger partial charge on any atom is -0.478 e. The summed E-state index contributed by atoms with van der Waals surface area (Å²) in [5.41, 5.74) is 2.01. The Labute approximate surface area is 127 Å². The first kappa shape index (κ1) is 15.3. The van der Waals surface area contributed by atoms with E-state index in [0.717, 1.165) is 5.56 Å². The third-order valence-corrected chi connectivity index (χ3v) is 3.36. The summed E-state index contributed by atoms with van der Waals surface area (Å²) in [5, 5.41) is 9.31. The van der Waals surface area contributed by atoms with Gasteiger partial charge in [0.25, 0.3) is 0 Å². The van der Waals surface area contributed by atoms with E-state index in [4.69, 9.17) is 16.7 Å². The first-order chi connectivity index (χ1) is 10.1. The van der Waals surface area contributed by atoms with E-state index in [1.165, 1.54) is 12.1 Å². The summed E-state index contributed by atoms with van der Waals surface area (Å²) in [5.74, 6) is -1.38. The average molecular weight is 305 g/mol. The van der Waals surface area contributed by atoms with Crippen molar-refractivity contribution in [2.45, 2.75) is 12.8 Å². The highest BCUT2D eigenvalue weighted by atomic mass is 35.5. The maximum absolute atomic E-state index is 13.7. The summed E-state index contributed by atoms with van der Waals surface area (Å²) >= 11 is 5.72. The van der Waals surface area contributed by atoms with Gasteiger partial charge in [-0.1, -0.05) is 48.0 Å².